The minimum Gasteiger partial charge on any atom is -0.388 e. The van der Waals surface area contributed by atoms with Crippen LogP contribution in [0.3, 0.4) is 0 Å². The second-order valence-electron chi connectivity index (χ2n) is 5.55. The maximum atomic E-state index is 9.76. The van der Waals surface area contributed by atoms with Crippen LogP contribution < -0.4 is 0 Å². The van der Waals surface area contributed by atoms with E-state index < -0.39 is 61.4 Å². The highest BCUT2D eigenvalue weighted by atomic mass is 16.7. The van der Waals surface area contributed by atoms with Crippen molar-refractivity contribution in [2.24, 2.45) is 0 Å². The normalized spacial score (nSPS) is 53.5. The second kappa shape index (κ2) is 7.01. The van der Waals surface area contributed by atoms with Crippen molar-refractivity contribution in [3.8, 4) is 0 Å². The standard InChI is InChI=1S/C12H22O10/c1-3-5(13)7(15)10(18)12(21-3)20-2-4-6(14)8(16)9(17)11(19)22-4/h3-19H,2H2,1H3/t3-,4+,5+,6-,7+,8-,9+,10-,11-,12+/m0/s1. The minimum atomic E-state index is -1.70. The third-order valence-corrected chi connectivity index (χ3v) is 3.92. The molecule has 2 saturated heterocycles. The molecule has 2 aliphatic rings. The zero-order valence-electron chi connectivity index (χ0n) is 11.8. The molecule has 0 bridgehead atoms. The van der Waals surface area contributed by atoms with Gasteiger partial charge in [0.15, 0.2) is 12.6 Å². The van der Waals surface area contributed by atoms with E-state index in [9.17, 15) is 35.7 Å². The third-order valence-electron chi connectivity index (χ3n) is 3.92. The van der Waals surface area contributed by atoms with E-state index in [1.807, 2.05) is 0 Å². The van der Waals surface area contributed by atoms with E-state index in [4.69, 9.17) is 14.2 Å². The fourth-order valence-corrected chi connectivity index (χ4v) is 2.41. The van der Waals surface area contributed by atoms with Gasteiger partial charge in [0.2, 0.25) is 0 Å². The topological polar surface area (TPSA) is 169 Å². The van der Waals surface area contributed by atoms with Crippen molar-refractivity contribution in [1.29, 1.82) is 0 Å². The van der Waals surface area contributed by atoms with Crippen molar-refractivity contribution >= 4 is 0 Å². The summed E-state index contributed by atoms with van der Waals surface area (Å²) in [6.07, 6.45) is -14.0. The smallest absolute Gasteiger partial charge is 0.186 e. The van der Waals surface area contributed by atoms with Gasteiger partial charge in [-0.1, -0.05) is 0 Å². The van der Waals surface area contributed by atoms with E-state index in [2.05, 4.69) is 0 Å². The lowest BCUT2D eigenvalue weighted by Crippen LogP contribution is -2.60. The number of aliphatic hydroxyl groups is 7. The molecule has 10 nitrogen and oxygen atoms in total. The van der Waals surface area contributed by atoms with Gasteiger partial charge < -0.3 is 50.0 Å². The molecular formula is C12H22O10. The summed E-state index contributed by atoms with van der Waals surface area (Å²) < 4.78 is 15.3. The number of hydrogen-bond acceptors (Lipinski definition) is 10. The molecule has 0 aromatic heterocycles. The molecular weight excluding hydrogens is 304 g/mol. The van der Waals surface area contributed by atoms with Gasteiger partial charge in [-0.25, -0.2) is 0 Å². The minimum absolute atomic E-state index is 0.390. The van der Waals surface area contributed by atoms with Crippen LogP contribution in [-0.2, 0) is 14.2 Å². The highest BCUT2D eigenvalue weighted by Crippen LogP contribution is 2.24. The van der Waals surface area contributed by atoms with Crippen molar-refractivity contribution in [3.63, 3.8) is 0 Å². The molecule has 22 heavy (non-hydrogen) atoms. The molecule has 7 N–H and O–H groups in total. The molecule has 0 unspecified atom stereocenters. The molecule has 130 valence electrons. The van der Waals surface area contributed by atoms with Gasteiger partial charge in [-0.2, -0.15) is 0 Å². The summed E-state index contributed by atoms with van der Waals surface area (Å²) in [5.41, 5.74) is 0. The first-order chi connectivity index (χ1) is 10.2. The lowest BCUT2D eigenvalue weighted by molar-refractivity contribution is -0.322. The zero-order valence-corrected chi connectivity index (χ0v) is 11.8. The summed E-state index contributed by atoms with van der Waals surface area (Å²) in [4.78, 5) is 0. The molecule has 0 aromatic carbocycles. The Morgan fingerprint density at radius 2 is 1.32 bits per heavy atom. The van der Waals surface area contributed by atoms with E-state index >= 15 is 0 Å². The van der Waals surface area contributed by atoms with Crippen molar-refractivity contribution in [2.45, 2.75) is 68.3 Å². The van der Waals surface area contributed by atoms with Gasteiger partial charge in [0, 0.05) is 0 Å². The zero-order chi connectivity index (χ0) is 16.6. The van der Waals surface area contributed by atoms with Crippen molar-refractivity contribution in [1.82, 2.24) is 0 Å². The predicted molar refractivity (Wildman–Crippen MR) is 67.2 cm³/mol. The molecule has 0 aromatic rings. The van der Waals surface area contributed by atoms with Crippen molar-refractivity contribution < 1.29 is 50.0 Å². The maximum Gasteiger partial charge on any atom is 0.186 e. The van der Waals surface area contributed by atoms with Gasteiger partial charge >= 0.3 is 0 Å². The number of rotatable bonds is 3. The average Bonchev–Trinajstić information content (AvgIpc) is 2.49. The molecule has 0 spiro atoms. The molecule has 0 amide bonds. The Kier molecular flexibility index (Phi) is 5.72. The molecule has 10 atom stereocenters. The van der Waals surface area contributed by atoms with Crippen LogP contribution in [0, 0.1) is 0 Å². The SMILES string of the molecule is C[C@@H]1O[C@@H](OC[C@H]2O[C@H](O)[C@H](O)[C@@H](O)[C@H]2O)[C@@H](O)[C@H](O)[C@@H]1O. The van der Waals surface area contributed by atoms with Crippen LogP contribution in [0.5, 0.6) is 0 Å². The van der Waals surface area contributed by atoms with E-state index in [1.165, 1.54) is 6.92 Å². The second-order valence-corrected chi connectivity index (χ2v) is 5.55. The van der Waals surface area contributed by atoms with Gasteiger partial charge in [0.25, 0.3) is 0 Å². The fourth-order valence-electron chi connectivity index (χ4n) is 2.41. The Hall–Kier alpha value is -0.400. The first-order valence-corrected chi connectivity index (χ1v) is 6.93. The van der Waals surface area contributed by atoms with Gasteiger partial charge in [0.1, 0.15) is 42.7 Å². The number of aliphatic hydroxyl groups excluding tert-OH is 7. The summed E-state index contributed by atoms with van der Waals surface area (Å²) in [6, 6.07) is 0. The van der Waals surface area contributed by atoms with Crippen molar-refractivity contribution in [3.05, 3.63) is 0 Å². The van der Waals surface area contributed by atoms with Crippen LogP contribution >= 0.6 is 0 Å². The average molecular weight is 326 g/mol. The van der Waals surface area contributed by atoms with Crippen LogP contribution in [0.2, 0.25) is 0 Å². The quantitative estimate of drug-likeness (QED) is 0.269. The van der Waals surface area contributed by atoms with Crippen LogP contribution in [0.1, 0.15) is 6.92 Å². The molecule has 2 aliphatic heterocycles. The van der Waals surface area contributed by atoms with E-state index in [0.29, 0.717) is 0 Å². The highest BCUT2D eigenvalue weighted by Gasteiger charge is 2.45. The largest absolute Gasteiger partial charge is 0.388 e. The Labute approximate surface area is 126 Å². The lowest BCUT2D eigenvalue weighted by atomic mass is 9.99. The van der Waals surface area contributed by atoms with Crippen LogP contribution in [-0.4, -0.2) is 104 Å². The van der Waals surface area contributed by atoms with Gasteiger partial charge in [-0.3, -0.25) is 0 Å². The summed E-state index contributed by atoms with van der Waals surface area (Å²) in [5.74, 6) is 0. The number of hydrogen-bond donors (Lipinski definition) is 7. The Morgan fingerprint density at radius 3 is 1.95 bits per heavy atom. The Morgan fingerprint density at radius 1 is 0.727 bits per heavy atom. The molecule has 2 fully saturated rings. The Bertz CT molecular complexity index is 334. The summed E-state index contributed by atoms with van der Waals surface area (Å²) in [6.45, 7) is 1.09. The summed E-state index contributed by atoms with van der Waals surface area (Å²) in [5, 5.41) is 67.0. The van der Waals surface area contributed by atoms with Gasteiger partial charge in [0.05, 0.1) is 12.7 Å². The highest BCUT2D eigenvalue weighted by molar-refractivity contribution is 4.90. The van der Waals surface area contributed by atoms with E-state index in [1.54, 1.807) is 0 Å². The molecule has 0 aliphatic carbocycles. The molecule has 0 radical (unpaired) electrons. The van der Waals surface area contributed by atoms with Gasteiger partial charge in [-0.15, -0.1) is 0 Å². The van der Waals surface area contributed by atoms with Gasteiger partial charge in [-0.05, 0) is 6.92 Å². The van der Waals surface area contributed by atoms with Crippen molar-refractivity contribution in [2.75, 3.05) is 6.61 Å². The summed E-state index contributed by atoms with van der Waals surface area (Å²) in [7, 11) is 0. The third kappa shape index (κ3) is 3.41. The predicted octanol–water partition coefficient (Wildman–Crippen LogP) is -4.37. The summed E-state index contributed by atoms with van der Waals surface area (Å²) >= 11 is 0. The Balaban J connectivity index is 1.92. The first kappa shape index (κ1) is 17.9. The number of ether oxygens (including phenoxy) is 3. The molecule has 0 saturated carbocycles. The van der Waals surface area contributed by atoms with Crippen LogP contribution in [0.15, 0.2) is 0 Å². The molecule has 2 heterocycles. The molecule has 10 heteroatoms. The first-order valence-electron chi connectivity index (χ1n) is 6.93. The van der Waals surface area contributed by atoms with Crippen LogP contribution in [0.25, 0.3) is 0 Å². The lowest BCUT2D eigenvalue weighted by Gasteiger charge is -2.41. The van der Waals surface area contributed by atoms with E-state index in [0.717, 1.165) is 0 Å². The molecule has 2 rings (SSSR count). The monoisotopic (exact) mass is 326 g/mol. The van der Waals surface area contributed by atoms with E-state index in [-0.39, 0.29) is 6.61 Å². The maximum absolute atomic E-state index is 9.76. The fraction of sp³-hybridized carbons (Fsp3) is 1.00. The van der Waals surface area contributed by atoms with Crippen LogP contribution in [0.4, 0.5) is 0 Å².